The van der Waals surface area contributed by atoms with Gasteiger partial charge in [0, 0.05) is 10.0 Å². The van der Waals surface area contributed by atoms with Crippen LogP contribution in [0.15, 0.2) is 34.1 Å². The van der Waals surface area contributed by atoms with E-state index in [1.165, 1.54) is 0 Å². The predicted octanol–water partition coefficient (Wildman–Crippen LogP) is 6.79. The Hall–Kier alpha value is -0.100. The second kappa shape index (κ2) is 5.95. The summed E-state index contributed by atoms with van der Waals surface area (Å²) < 4.78 is 11.3. The van der Waals surface area contributed by atoms with E-state index in [0.717, 1.165) is 24.1 Å². The van der Waals surface area contributed by atoms with Crippen molar-refractivity contribution in [1.82, 2.24) is 0 Å². The Morgan fingerprint density at radius 3 is 1.45 bits per heavy atom. The van der Waals surface area contributed by atoms with Crippen molar-refractivity contribution in [3.05, 3.63) is 44.4 Å². The summed E-state index contributed by atoms with van der Waals surface area (Å²) in [6.07, 6.45) is 0. The molecule has 0 amide bonds. The molecule has 0 radical (unpaired) electrons. The molecular weight excluding hydrogens is 382 g/mol. The van der Waals surface area contributed by atoms with Crippen molar-refractivity contribution < 1.29 is 8.37 Å². The van der Waals surface area contributed by atoms with Crippen LogP contribution in [0.3, 0.4) is 0 Å². The fourth-order valence-corrected chi connectivity index (χ4v) is 4.54. The second-order valence-electron chi connectivity index (χ2n) is 3.76. The van der Waals surface area contributed by atoms with E-state index in [1.54, 1.807) is 24.3 Å². The minimum absolute atomic E-state index is 0.410. The van der Waals surface area contributed by atoms with Crippen molar-refractivity contribution in [1.29, 1.82) is 0 Å². The average Bonchev–Trinajstić information content (AvgIpc) is 2.33. The standard InChI is InChI=1S/C12H4Cl4O2S2/c13-5-1-7(15)11-9(3-5)19-18-12-8(16)2-6(14)4-10(12)20-17-11/h1-4H. The lowest BCUT2D eigenvalue weighted by Gasteiger charge is -2.18. The van der Waals surface area contributed by atoms with Gasteiger partial charge in [-0.25, -0.2) is 0 Å². The molecule has 3 rings (SSSR count). The molecule has 0 aromatic heterocycles. The molecule has 1 heterocycles. The first-order chi connectivity index (χ1) is 9.54. The third-order valence-corrected chi connectivity index (χ3v) is 4.84. The lowest BCUT2D eigenvalue weighted by atomic mass is 10.3. The van der Waals surface area contributed by atoms with E-state index in [1.807, 2.05) is 0 Å². The van der Waals surface area contributed by atoms with Crippen molar-refractivity contribution in [3.63, 3.8) is 0 Å². The summed E-state index contributed by atoms with van der Waals surface area (Å²) in [4.78, 5) is 1.35. The highest BCUT2D eigenvalue weighted by Gasteiger charge is 2.21. The average molecular weight is 386 g/mol. The molecule has 2 aromatic rings. The molecule has 0 saturated carbocycles. The maximum atomic E-state index is 6.12. The van der Waals surface area contributed by atoms with Crippen LogP contribution < -0.4 is 8.37 Å². The Balaban J connectivity index is 2.04. The highest BCUT2D eigenvalue weighted by molar-refractivity contribution is 7.96. The van der Waals surface area contributed by atoms with Gasteiger partial charge in [0.1, 0.15) is 0 Å². The molecule has 1 aliphatic rings. The molecule has 104 valence electrons. The van der Waals surface area contributed by atoms with Gasteiger partial charge in [-0.3, -0.25) is 0 Å². The van der Waals surface area contributed by atoms with Gasteiger partial charge < -0.3 is 8.37 Å². The van der Waals surface area contributed by atoms with E-state index in [2.05, 4.69) is 0 Å². The van der Waals surface area contributed by atoms with E-state index in [4.69, 9.17) is 54.8 Å². The molecule has 0 N–H and O–H groups in total. The van der Waals surface area contributed by atoms with E-state index in [0.29, 0.717) is 41.4 Å². The van der Waals surface area contributed by atoms with Gasteiger partial charge >= 0.3 is 0 Å². The van der Waals surface area contributed by atoms with Crippen LogP contribution >= 0.6 is 70.5 Å². The van der Waals surface area contributed by atoms with Crippen molar-refractivity contribution in [2.45, 2.75) is 9.79 Å². The van der Waals surface area contributed by atoms with Gasteiger partial charge in [-0.1, -0.05) is 46.4 Å². The second-order valence-corrected chi connectivity index (χ2v) is 7.00. The SMILES string of the molecule is Clc1cc(Cl)c2c(c1)SOc1c(Cl)cc(Cl)cc1SO2. The molecule has 8 heteroatoms. The van der Waals surface area contributed by atoms with Gasteiger partial charge in [-0.2, -0.15) is 0 Å². The van der Waals surface area contributed by atoms with Gasteiger partial charge in [-0.15, -0.1) is 0 Å². The minimum atomic E-state index is 0.410. The van der Waals surface area contributed by atoms with Crippen LogP contribution in [0.1, 0.15) is 0 Å². The van der Waals surface area contributed by atoms with Crippen LogP contribution in [0.5, 0.6) is 11.5 Å². The van der Waals surface area contributed by atoms with Crippen LogP contribution in [0.4, 0.5) is 0 Å². The first kappa shape index (κ1) is 14.8. The summed E-state index contributed by atoms with van der Waals surface area (Å²) in [5.41, 5.74) is 0. The van der Waals surface area contributed by atoms with E-state index in [9.17, 15) is 0 Å². The summed E-state index contributed by atoms with van der Waals surface area (Å²) in [6, 6.07) is 6.64. The largest absolute Gasteiger partial charge is 0.418 e. The molecule has 2 aromatic carbocycles. The highest BCUT2D eigenvalue weighted by atomic mass is 35.5. The topological polar surface area (TPSA) is 18.5 Å². The van der Waals surface area contributed by atoms with Gasteiger partial charge in [0.2, 0.25) is 0 Å². The summed E-state index contributed by atoms with van der Waals surface area (Å²) >= 11 is 26.3. The summed E-state index contributed by atoms with van der Waals surface area (Å²) in [6.45, 7) is 0. The van der Waals surface area contributed by atoms with Crippen LogP contribution in [-0.2, 0) is 0 Å². The molecule has 0 bridgehead atoms. The van der Waals surface area contributed by atoms with Crippen LogP contribution in [0, 0.1) is 0 Å². The lowest BCUT2D eigenvalue weighted by Crippen LogP contribution is -1.96. The normalized spacial score (nSPS) is 13.4. The molecular formula is C12H4Cl4O2S2. The van der Waals surface area contributed by atoms with Gasteiger partial charge in [-0.05, 0) is 24.3 Å². The van der Waals surface area contributed by atoms with Gasteiger partial charge in [0.15, 0.2) is 11.5 Å². The number of rotatable bonds is 0. The Labute approximate surface area is 144 Å². The molecule has 0 aliphatic carbocycles. The van der Waals surface area contributed by atoms with Crippen molar-refractivity contribution >= 4 is 70.5 Å². The number of benzene rings is 2. The third-order valence-electron chi connectivity index (χ3n) is 2.38. The van der Waals surface area contributed by atoms with Crippen LogP contribution in [0.25, 0.3) is 0 Å². The molecule has 0 atom stereocenters. The highest BCUT2D eigenvalue weighted by Crippen LogP contribution is 2.48. The van der Waals surface area contributed by atoms with Crippen molar-refractivity contribution in [2.75, 3.05) is 0 Å². The van der Waals surface area contributed by atoms with E-state index in [-0.39, 0.29) is 0 Å². The van der Waals surface area contributed by atoms with Crippen molar-refractivity contribution in [3.8, 4) is 11.5 Å². The molecule has 0 saturated heterocycles. The zero-order valence-corrected chi connectivity index (χ0v) is 14.1. The zero-order valence-electron chi connectivity index (χ0n) is 9.45. The maximum absolute atomic E-state index is 6.12. The summed E-state index contributed by atoms with van der Waals surface area (Å²) in [7, 11) is 0. The molecule has 0 unspecified atom stereocenters. The summed E-state index contributed by atoms with van der Waals surface area (Å²) in [5, 5.41) is 1.82. The maximum Gasteiger partial charge on any atom is 0.173 e. The fraction of sp³-hybridized carbons (Fsp3) is 0. The van der Waals surface area contributed by atoms with Crippen molar-refractivity contribution in [2.24, 2.45) is 0 Å². The number of halogens is 4. The number of fused-ring (bicyclic) bond motifs is 2. The third kappa shape index (κ3) is 2.91. The van der Waals surface area contributed by atoms with Gasteiger partial charge in [0.25, 0.3) is 0 Å². The monoisotopic (exact) mass is 384 g/mol. The minimum Gasteiger partial charge on any atom is -0.418 e. The fourth-order valence-electron chi connectivity index (χ4n) is 1.53. The summed E-state index contributed by atoms with van der Waals surface area (Å²) in [5.74, 6) is 0.987. The Kier molecular flexibility index (Phi) is 4.41. The molecule has 2 nitrogen and oxygen atoms in total. The van der Waals surface area contributed by atoms with Gasteiger partial charge in [0.05, 0.1) is 43.9 Å². The number of hydrogen-bond acceptors (Lipinski definition) is 4. The Morgan fingerprint density at radius 1 is 0.650 bits per heavy atom. The predicted molar refractivity (Wildman–Crippen MR) is 85.9 cm³/mol. The first-order valence-electron chi connectivity index (χ1n) is 5.22. The molecule has 0 spiro atoms. The molecule has 0 fully saturated rings. The van der Waals surface area contributed by atoms with Crippen LogP contribution in [-0.4, -0.2) is 0 Å². The lowest BCUT2D eigenvalue weighted by molar-refractivity contribution is 0.587. The quantitative estimate of drug-likeness (QED) is 0.464. The Bertz CT molecular complexity index is 634. The van der Waals surface area contributed by atoms with E-state index < -0.39 is 0 Å². The molecule has 20 heavy (non-hydrogen) atoms. The van der Waals surface area contributed by atoms with E-state index >= 15 is 0 Å². The smallest absolute Gasteiger partial charge is 0.173 e. The Morgan fingerprint density at radius 2 is 1.05 bits per heavy atom. The zero-order chi connectivity index (χ0) is 14.3. The first-order valence-corrected chi connectivity index (χ1v) is 8.21. The van der Waals surface area contributed by atoms with Crippen LogP contribution in [0.2, 0.25) is 20.1 Å². The molecule has 1 aliphatic heterocycles. The number of hydrogen-bond donors (Lipinski definition) is 0.